The summed E-state index contributed by atoms with van der Waals surface area (Å²) in [4.78, 5) is 0. The Kier molecular flexibility index (Phi) is 7.11. The topological polar surface area (TPSA) is 29.5 Å². The van der Waals surface area contributed by atoms with Crippen molar-refractivity contribution in [1.82, 2.24) is 0 Å². The lowest BCUT2D eigenvalue weighted by atomic mass is 10.1. The van der Waals surface area contributed by atoms with Crippen LogP contribution in [0.1, 0.15) is 26.2 Å². The lowest BCUT2D eigenvalue weighted by Gasteiger charge is -2.14. The summed E-state index contributed by atoms with van der Waals surface area (Å²) in [5.41, 5.74) is 0. The molecule has 0 rings (SSSR count). The molecule has 2 atom stereocenters. The molecule has 0 aliphatic rings. The van der Waals surface area contributed by atoms with Gasteiger partial charge in [-0.25, -0.2) is 0 Å². The van der Waals surface area contributed by atoms with Gasteiger partial charge in [0.2, 0.25) is 0 Å². The van der Waals surface area contributed by atoms with E-state index in [1.165, 1.54) is 0 Å². The van der Waals surface area contributed by atoms with Crippen molar-refractivity contribution in [2.45, 2.75) is 38.4 Å². The van der Waals surface area contributed by atoms with Crippen LogP contribution in [0.3, 0.4) is 0 Å². The lowest BCUT2D eigenvalue weighted by molar-refractivity contribution is 0.00173. The normalized spacial score (nSPS) is 16.7. The number of aliphatic hydroxyl groups is 1. The van der Waals surface area contributed by atoms with Gasteiger partial charge in [0.05, 0.1) is 12.2 Å². The maximum Gasteiger partial charge on any atom is 0.0833 e. The molecule has 0 fully saturated rings. The van der Waals surface area contributed by atoms with Crippen LogP contribution in [0.25, 0.3) is 0 Å². The highest BCUT2D eigenvalue weighted by atomic mass is 16.5. The Balaban J connectivity index is 3.48. The molecule has 2 heteroatoms. The van der Waals surface area contributed by atoms with E-state index < -0.39 is 6.10 Å². The fourth-order valence-electron chi connectivity index (χ4n) is 0.820. The Morgan fingerprint density at radius 1 is 1.50 bits per heavy atom. The van der Waals surface area contributed by atoms with Crippen LogP contribution in [0.2, 0.25) is 0 Å². The second-order valence-corrected chi connectivity index (χ2v) is 2.86. The molecule has 71 valence electrons. The second kappa shape index (κ2) is 7.32. The quantitative estimate of drug-likeness (QED) is 0.619. The highest BCUT2D eigenvalue weighted by Gasteiger charge is 2.10. The van der Waals surface area contributed by atoms with Crippen LogP contribution in [-0.2, 0) is 4.74 Å². The molecule has 0 heterocycles. The number of rotatable bonds is 6. The molecule has 0 aromatic carbocycles. The average Bonchev–Trinajstić information content (AvgIpc) is 2.10. The number of hydrogen-bond acceptors (Lipinski definition) is 2. The monoisotopic (exact) mass is 171 g/mol. The van der Waals surface area contributed by atoms with E-state index in [9.17, 15) is 5.11 Å². The Morgan fingerprint density at radius 2 is 2.17 bits per heavy atom. The van der Waals surface area contributed by atoms with Crippen LogP contribution >= 0.6 is 0 Å². The van der Waals surface area contributed by atoms with Crippen molar-refractivity contribution in [3.63, 3.8) is 0 Å². The molecule has 0 bridgehead atoms. The summed E-state index contributed by atoms with van der Waals surface area (Å²) in [7, 11) is 1.60. The molecule has 0 aliphatic heterocycles. The lowest BCUT2D eigenvalue weighted by Crippen LogP contribution is -2.23. The van der Waals surface area contributed by atoms with Gasteiger partial charge >= 0.3 is 0 Å². The summed E-state index contributed by atoms with van der Waals surface area (Å²) >= 11 is 0. The van der Waals surface area contributed by atoms with Crippen LogP contribution in [0.4, 0.5) is 0 Å². The maximum atomic E-state index is 9.43. The van der Waals surface area contributed by atoms with Crippen molar-refractivity contribution in [3.8, 4) is 0 Å². The van der Waals surface area contributed by atoms with Crippen LogP contribution < -0.4 is 0 Å². The molecule has 0 amide bonds. The minimum atomic E-state index is -0.393. The van der Waals surface area contributed by atoms with Crippen molar-refractivity contribution in [2.24, 2.45) is 0 Å². The van der Waals surface area contributed by atoms with Crippen molar-refractivity contribution >= 4 is 0 Å². The fourth-order valence-corrected chi connectivity index (χ4v) is 0.820. The molecule has 2 nitrogen and oxygen atoms in total. The van der Waals surface area contributed by atoms with Gasteiger partial charge in [-0.2, -0.15) is 0 Å². The predicted octanol–water partition coefficient (Wildman–Crippen LogP) is 1.94. The molecule has 0 spiro atoms. The predicted molar refractivity (Wildman–Crippen MR) is 50.8 cm³/mol. The van der Waals surface area contributed by atoms with Gasteiger partial charge in [-0.1, -0.05) is 19.1 Å². The van der Waals surface area contributed by atoms with Crippen molar-refractivity contribution in [2.75, 3.05) is 7.11 Å². The van der Waals surface area contributed by atoms with Gasteiger partial charge in [0.1, 0.15) is 0 Å². The van der Waals surface area contributed by atoms with Crippen LogP contribution in [0.15, 0.2) is 12.2 Å². The smallest absolute Gasteiger partial charge is 0.0833 e. The third-order valence-electron chi connectivity index (χ3n) is 1.83. The van der Waals surface area contributed by atoms with Gasteiger partial charge < -0.3 is 9.84 Å². The van der Waals surface area contributed by atoms with E-state index in [0.29, 0.717) is 6.42 Å². The molecular weight excluding hydrogens is 152 g/mol. The van der Waals surface area contributed by atoms with Gasteiger partial charge in [-0.3, -0.25) is 0 Å². The summed E-state index contributed by atoms with van der Waals surface area (Å²) in [6.07, 6.45) is 6.09. The Bertz CT molecular complexity index is 121. The number of unbranched alkanes of at least 4 members (excludes halogenated alkanes) is 1. The summed E-state index contributed by atoms with van der Waals surface area (Å²) in [5, 5.41) is 9.43. The van der Waals surface area contributed by atoms with E-state index in [-0.39, 0.29) is 6.10 Å². The summed E-state index contributed by atoms with van der Waals surface area (Å²) in [6, 6.07) is 0. The molecule has 2 unspecified atom stereocenters. The molecule has 0 saturated heterocycles. The van der Waals surface area contributed by atoms with E-state index in [2.05, 4.69) is 6.92 Å². The zero-order valence-electron chi connectivity index (χ0n) is 7.99. The summed E-state index contributed by atoms with van der Waals surface area (Å²) in [6.45, 7) is 5.58. The van der Waals surface area contributed by atoms with Gasteiger partial charge in [0.15, 0.2) is 0 Å². The SMILES string of the molecule is [CH2]CC/C=C/CC(O)C(C)OC. The minimum Gasteiger partial charge on any atom is -0.390 e. The van der Waals surface area contributed by atoms with Crippen LogP contribution in [0, 0.1) is 6.92 Å². The first-order valence-corrected chi connectivity index (χ1v) is 4.37. The molecule has 1 radical (unpaired) electrons. The van der Waals surface area contributed by atoms with Crippen LogP contribution in [-0.4, -0.2) is 24.4 Å². The molecule has 12 heavy (non-hydrogen) atoms. The van der Waals surface area contributed by atoms with Crippen LogP contribution in [0.5, 0.6) is 0 Å². The molecule has 0 aliphatic carbocycles. The van der Waals surface area contributed by atoms with Crippen molar-refractivity contribution < 1.29 is 9.84 Å². The third kappa shape index (κ3) is 5.33. The zero-order valence-corrected chi connectivity index (χ0v) is 7.99. The average molecular weight is 171 g/mol. The first kappa shape index (κ1) is 11.7. The van der Waals surface area contributed by atoms with Gasteiger partial charge in [0.25, 0.3) is 0 Å². The molecule has 1 N–H and O–H groups in total. The van der Waals surface area contributed by atoms with Gasteiger partial charge in [-0.05, 0) is 26.2 Å². The Labute approximate surface area is 75.2 Å². The molecule has 0 saturated carbocycles. The number of allylic oxidation sites excluding steroid dienone is 1. The Morgan fingerprint density at radius 3 is 2.67 bits per heavy atom. The minimum absolute atomic E-state index is 0.0885. The number of methoxy groups -OCH3 is 1. The van der Waals surface area contributed by atoms with E-state index in [1.807, 2.05) is 19.1 Å². The van der Waals surface area contributed by atoms with Crippen molar-refractivity contribution in [1.29, 1.82) is 0 Å². The number of aliphatic hydroxyl groups excluding tert-OH is 1. The fraction of sp³-hybridized carbons (Fsp3) is 0.700. The molecule has 0 aromatic rings. The zero-order chi connectivity index (χ0) is 9.40. The Hall–Kier alpha value is -0.340. The standard InChI is InChI=1S/C10H19O2/c1-4-5-6-7-8-10(11)9(2)12-3/h6-7,9-11H,1,4-5,8H2,2-3H3/b7-6+. The van der Waals surface area contributed by atoms with Gasteiger partial charge in [-0.15, -0.1) is 0 Å². The summed E-state index contributed by atoms with van der Waals surface area (Å²) < 4.78 is 4.97. The second-order valence-electron chi connectivity index (χ2n) is 2.86. The van der Waals surface area contributed by atoms with E-state index in [1.54, 1.807) is 7.11 Å². The largest absolute Gasteiger partial charge is 0.390 e. The molecule has 0 aromatic heterocycles. The van der Waals surface area contributed by atoms with E-state index in [4.69, 9.17) is 4.74 Å². The highest BCUT2D eigenvalue weighted by Crippen LogP contribution is 2.03. The third-order valence-corrected chi connectivity index (χ3v) is 1.83. The van der Waals surface area contributed by atoms with Crippen molar-refractivity contribution in [3.05, 3.63) is 19.1 Å². The first-order valence-electron chi connectivity index (χ1n) is 4.37. The maximum absolute atomic E-state index is 9.43. The number of ether oxygens (including phenoxy) is 1. The first-order chi connectivity index (χ1) is 5.72. The van der Waals surface area contributed by atoms with Gasteiger partial charge in [0, 0.05) is 7.11 Å². The number of hydrogen-bond donors (Lipinski definition) is 1. The van der Waals surface area contributed by atoms with E-state index in [0.717, 1.165) is 12.8 Å². The van der Waals surface area contributed by atoms with E-state index >= 15 is 0 Å². The highest BCUT2D eigenvalue weighted by molar-refractivity contribution is 4.85. The molecular formula is C10H19O2. The summed E-state index contributed by atoms with van der Waals surface area (Å²) in [5.74, 6) is 0.